The number of nitrogens with zero attached hydrogens (tertiary/aromatic N) is 3. The predicted molar refractivity (Wildman–Crippen MR) is 73.2 cm³/mol. The van der Waals surface area contributed by atoms with Crippen LogP contribution >= 0.6 is 23.8 Å². The first-order chi connectivity index (χ1) is 9.15. The minimum Gasteiger partial charge on any atom is -0.330 e. The van der Waals surface area contributed by atoms with Gasteiger partial charge in [0.05, 0.1) is 28.3 Å². The van der Waals surface area contributed by atoms with Gasteiger partial charge in [-0.05, 0) is 24.4 Å². The zero-order valence-corrected chi connectivity index (χ0v) is 11.2. The number of nitrogens with one attached hydrogen (secondary N) is 1. The van der Waals surface area contributed by atoms with Gasteiger partial charge in [-0.3, -0.25) is 0 Å². The molecule has 0 saturated carbocycles. The van der Waals surface area contributed by atoms with Crippen LogP contribution in [0.3, 0.4) is 0 Å². The molecule has 0 amide bonds. The third-order valence-electron chi connectivity index (χ3n) is 2.78. The summed E-state index contributed by atoms with van der Waals surface area (Å²) in [6.07, 6.45) is 3.13. The van der Waals surface area contributed by atoms with Crippen LogP contribution in [-0.4, -0.2) is 19.5 Å². The van der Waals surface area contributed by atoms with E-state index in [0.717, 1.165) is 11.2 Å². The molecule has 2 heterocycles. The van der Waals surface area contributed by atoms with Crippen LogP contribution in [0, 0.1) is 10.6 Å². The van der Waals surface area contributed by atoms with Crippen LogP contribution in [0.1, 0.15) is 5.69 Å². The maximum Gasteiger partial charge on any atom is 0.178 e. The van der Waals surface area contributed by atoms with E-state index in [0.29, 0.717) is 16.8 Å². The van der Waals surface area contributed by atoms with Crippen molar-refractivity contribution in [2.75, 3.05) is 0 Å². The molecule has 19 heavy (non-hydrogen) atoms. The highest BCUT2D eigenvalue weighted by Gasteiger charge is 2.09. The van der Waals surface area contributed by atoms with E-state index < -0.39 is 5.82 Å². The third-order valence-corrected chi connectivity index (χ3v) is 3.39. The average Bonchev–Trinajstić information content (AvgIpc) is 2.68. The van der Waals surface area contributed by atoms with Crippen LogP contribution in [0.4, 0.5) is 4.39 Å². The Kier molecular flexibility index (Phi) is 3.04. The Bertz CT molecular complexity index is 797. The van der Waals surface area contributed by atoms with Crippen molar-refractivity contribution in [3.8, 4) is 0 Å². The Labute approximate surface area is 117 Å². The van der Waals surface area contributed by atoms with Crippen molar-refractivity contribution in [2.24, 2.45) is 0 Å². The van der Waals surface area contributed by atoms with Crippen molar-refractivity contribution in [1.82, 2.24) is 19.5 Å². The SMILES string of the molecule is Fc1cc2[nH]c(=S)n(Cc3ccncn3)c2cc1Cl. The summed E-state index contributed by atoms with van der Waals surface area (Å²) in [7, 11) is 0. The summed E-state index contributed by atoms with van der Waals surface area (Å²) in [5, 5.41) is 0.0675. The molecule has 1 N–H and O–H groups in total. The minimum absolute atomic E-state index is 0.0675. The molecular formula is C12H8ClFN4S. The number of aromatic amines is 1. The highest BCUT2D eigenvalue weighted by molar-refractivity contribution is 7.71. The second kappa shape index (κ2) is 4.71. The summed E-state index contributed by atoms with van der Waals surface area (Å²) in [4.78, 5) is 11.0. The number of H-pyrrole nitrogens is 1. The highest BCUT2D eigenvalue weighted by atomic mass is 35.5. The summed E-state index contributed by atoms with van der Waals surface area (Å²) in [5.41, 5.74) is 2.17. The van der Waals surface area contributed by atoms with Gasteiger partial charge in [0, 0.05) is 12.3 Å². The quantitative estimate of drug-likeness (QED) is 0.738. The Balaban J connectivity index is 2.16. The van der Waals surface area contributed by atoms with Gasteiger partial charge in [-0.1, -0.05) is 11.6 Å². The van der Waals surface area contributed by atoms with E-state index in [-0.39, 0.29) is 5.02 Å². The fourth-order valence-corrected chi connectivity index (χ4v) is 2.31. The smallest absolute Gasteiger partial charge is 0.178 e. The fourth-order valence-electron chi connectivity index (χ4n) is 1.88. The van der Waals surface area contributed by atoms with Crippen LogP contribution in [0.25, 0.3) is 11.0 Å². The average molecular weight is 295 g/mol. The molecule has 0 aliphatic carbocycles. The van der Waals surface area contributed by atoms with Crippen LogP contribution in [0.15, 0.2) is 30.7 Å². The lowest BCUT2D eigenvalue weighted by atomic mass is 10.3. The lowest BCUT2D eigenvalue weighted by Gasteiger charge is -2.04. The number of hydrogen-bond acceptors (Lipinski definition) is 3. The molecular weight excluding hydrogens is 287 g/mol. The van der Waals surface area contributed by atoms with Gasteiger partial charge < -0.3 is 9.55 Å². The fraction of sp³-hybridized carbons (Fsp3) is 0.0833. The van der Waals surface area contributed by atoms with E-state index in [4.69, 9.17) is 23.8 Å². The molecule has 0 atom stereocenters. The topological polar surface area (TPSA) is 46.5 Å². The van der Waals surface area contributed by atoms with Crippen LogP contribution in [0.2, 0.25) is 5.02 Å². The lowest BCUT2D eigenvalue weighted by Crippen LogP contribution is -2.01. The lowest BCUT2D eigenvalue weighted by molar-refractivity contribution is 0.629. The molecule has 0 fully saturated rings. The first-order valence-corrected chi connectivity index (χ1v) is 6.26. The van der Waals surface area contributed by atoms with Crippen LogP contribution < -0.4 is 0 Å². The summed E-state index contributed by atoms with van der Waals surface area (Å²) in [5.74, 6) is -0.473. The summed E-state index contributed by atoms with van der Waals surface area (Å²) < 4.78 is 15.7. The summed E-state index contributed by atoms with van der Waals surface area (Å²) >= 11 is 11.0. The van der Waals surface area contributed by atoms with Crippen molar-refractivity contribution < 1.29 is 4.39 Å². The number of imidazole rings is 1. The van der Waals surface area contributed by atoms with Crippen molar-refractivity contribution in [2.45, 2.75) is 6.54 Å². The van der Waals surface area contributed by atoms with Gasteiger partial charge in [-0.25, -0.2) is 14.4 Å². The molecule has 7 heteroatoms. The molecule has 0 unspecified atom stereocenters. The molecule has 0 bridgehead atoms. The Morgan fingerprint density at radius 3 is 3.00 bits per heavy atom. The summed E-state index contributed by atoms with van der Waals surface area (Å²) in [6.45, 7) is 0.476. The van der Waals surface area contributed by atoms with Crippen LogP contribution in [0.5, 0.6) is 0 Å². The van der Waals surface area contributed by atoms with Crippen LogP contribution in [-0.2, 0) is 6.54 Å². The Hall–Kier alpha value is -1.79. The van der Waals surface area contributed by atoms with Gasteiger partial charge in [0.15, 0.2) is 4.77 Å². The molecule has 1 aromatic carbocycles. The highest BCUT2D eigenvalue weighted by Crippen LogP contribution is 2.23. The molecule has 3 rings (SSSR count). The molecule has 96 valence electrons. The zero-order valence-electron chi connectivity index (χ0n) is 9.60. The Morgan fingerprint density at radius 2 is 2.26 bits per heavy atom. The van der Waals surface area contributed by atoms with E-state index in [1.807, 2.05) is 4.57 Å². The van der Waals surface area contributed by atoms with Crippen molar-refractivity contribution >= 4 is 34.9 Å². The molecule has 0 aliphatic heterocycles. The zero-order chi connectivity index (χ0) is 13.4. The largest absolute Gasteiger partial charge is 0.330 e. The Morgan fingerprint density at radius 1 is 1.42 bits per heavy atom. The number of hydrogen-bond donors (Lipinski definition) is 1. The molecule has 0 saturated heterocycles. The molecule has 0 spiro atoms. The van der Waals surface area contributed by atoms with Gasteiger partial charge in [-0.2, -0.15) is 0 Å². The molecule has 0 radical (unpaired) electrons. The second-order valence-corrected chi connectivity index (χ2v) is 4.79. The van der Waals surface area contributed by atoms with Gasteiger partial charge >= 0.3 is 0 Å². The molecule has 3 aromatic rings. The van der Waals surface area contributed by atoms with Crippen molar-refractivity contribution in [3.05, 3.63) is 52.0 Å². The maximum atomic E-state index is 13.4. The minimum atomic E-state index is -0.473. The molecule has 4 nitrogen and oxygen atoms in total. The number of halogens is 2. The number of rotatable bonds is 2. The van der Waals surface area contributed by atoms with E-state index in [2.05, 4.69) is 15.0 Å². The van der Waals surface area contributed by atoms with Gasteiger partial charge in [0.2, 0.25) is 0 Å². The van der Waals surface area contributed by atoms with E-state index in [9.17, 15) is 4.39 Å². The third kappa shape index (κ3) is 2.24. The number of benzene rings is 1. The van der Waals surface area contributed by atoms with Gasteiger partial charge in [0.25, 0.3) is 0 Å². The van der Waals surface area contributed by atoms with Crippen molar-refractivity contribution in [3.63, 3.8) is 0 Å². The first-order valence-electron chi connectivity index (χ1n) is 5.47. The van der Waals surface area contributed by atoms with Gasteiger partial charge in [-0.15, -0.1) is 0 Å². The van der Waals surface area contributed by atoms with E-state index >= 15 is 0 Å². The van der Waals surface area contributed by atoms with Gasteiger partial charge in [0.1, 0.15) is 12.1 Å². The molecule has 0 aliphatic rings. The van der Waals surface area contributed by atoms with E-state index in [1.54, 1.807) is 18.3 Å². The summed E-state index contributed by atoms with van der Waals surface area (Å²) in [6, 6.07) is 4.69. The first kappa shape index (κ1) is 12.3. The maximum absolute atomic E-state index is 13.4. The normalized spacial score (nSPS) is 11.1. The second-order valence-electron chi connectivity index (χ2n) is 4.00. The number of aromatic nitrogens is 4. The molecule has 2 aromatic heterocycles. The predicted octanol–water partition coefficient (Wildman–Crippen LogP) is 3.33. The number of fused-ring (bicyclic) bond motifs is 1. The monoisotopic (exact) mass is 294 g/mol. The standard InChI is InChI=1S/C12H8ClFN4S/c13-8-3-11-10(4-9(8)14)17-12(19)18(11)5-7-1-2-15-6-16-7/h1-4,6H,5H2,(H,17,19). The van der Waals surface area contributed by atoms with E-state index in [1.165, 1.54) is 12.4 Å². The van der Waals surface area contributed by atoms with Crippen molar-refractivity contribution in [1.29, 1.82) is 0 Å².